The molecule has 1 fully saturated rings. The highest BCUT2D eigenvalue weighted by molar-refractivity contribution is 5.12. The van der Waals surface area contributed by atoms with Crippen LogP contribution in [0.4, 0.5) is 13.2 Å². The average Bonchev–Trinajstić information content (AvgIpc) is 2.72. The van der Waals surface area contributed by atoms with E-state index in [1.54, 1.807) is 29.9 Å². The van der Waals surface area contributed by atoms with Crippen molar-refractivity contribution >= 4 is 0 Å². The zero-order chi connectivity index (χ0) is 13.2. The summed E-state index contributed by atoms with van der Waals surface area (Å²) in [5.41, 5.74) is 0.731. The van der Waals surface area contributed by atoms with Crippen molar-refractivity contribution in [2.75, 3.05) is 26.2 Å². The molecule has 0 aliphatic carbocycles. The molecule has 1 aliphatic rings. The molecule has 0 unspecified atom stereocenters. The van der Waals surface area contributed by atoms with Gasteiger partial charge in [0.1, 0.15) is 0 Å². The number of aryl methyl sites for hydroxylation is 1. The molecule has 0 spiro atoms. The van der Waals surface area contributed by atoms with E-state index in [9.17, 15) is 13.2 Å². The standard InChI is InChI=1S/C12H18F3N3/c1-17-6-2-3-10(17)11(9-12(13,14)15)18-7-4-16-5-8-18/h2-3,6,11,16H,4-5,7-9H2,1H3/t11-/m0/s1. The second-order valence-corrected chi connectivity index (χ2v) is 4.67. The number of nitrogens with one attached hydrogen (secondary N) is 1. The number of aromatic nitrogens is 1. The lowest BCUT2D eigenvalue weighted by Gasteiger charge is -2.35. The lowest BCUT2D eigenvalue weighted by Crippen LogP contribution is -2.46. The monoisotopic (exact) mass is 261 g/mol. The van der Waals surface area contributed by atoms with Crippen LogP contribution >= 0.6 is 0 Å². The topological polar surface area (TPSA) is 20.2 Å². The lowest BCUT2D eigenvalue weighted by molar-refractivity contribution is -0.149. The molecule has 1 N–H and O–H groups in total. The van der Waals surface area contributed by atoms with Crippen LogP contribution in [0.1, 0.15) is 18.2 Å². The van der Waals surface area contributed by atoms with E-state index in [0.717, 1.165) is 18.8 Å². The Morgan fingerprint density at radius 2 is 2.00 bits per heavy atom. The molecular formula is C12H18F3N3. The Balaban J connectivity index is 2.19. The fraction of sp³-hybridized carbons (Fsp3) is 0.667. The van der Waals surface area contributed by atoms with Gasteiger partial charge < -0.3 is 9.88 Å². The van der Waals surface area contributed by atoms with Crippen LogP contribution in [0.3, 0.4) is 0 Å². The third kappa shape index (κ3) is 3.26. The van der Waals surface area contributed by atoms with E-state index in [1.807, 2.05) is 4.90 Å². The minimum absolute atomic E-state index is 0.577. The summed E-state index contributed by atoms with van der Waals surface area (Å²) in [6, 6.07) is 2.99. The molecule has 2 heterocycles. The molecule has 0 radical (unpaired) electrons. The van der Waals surface area contributed by atoms with E-state index >= 15 is 0 Å². The second kappa shape index (κ2) is 5.32. The molecule has 1 aromatic rings. The second-order valence-electron chi connectivity index (χ2n) is 4.67. The Kier molecular flexibility index (Phi) is 3.97. The van der Waals surface area contributed by atoms with Crippen LogP contribution in [0.5, 0.6) is 0 Å². The Bertz CT molecular complexity index is 380. The summed E-state index contributed by atoms with van der Waals surface area (Å²) in [4.78, 5) is 1.92. The first-order chi connectivity index (χ1) is 8.47. The fourth-order valence-electron chi connectivity index (χ4n) is 2.45. The van der Waals surface area contributed by atoms with Crippen molar-refractivity contribution in [3.05, 3.63) is 24.0 Å². The van der Waals surface area contributed by atoms with E-state index in [-0.39, 0.29) is 0 Å². The van der Waals surface area contributed by atoms with Gasteiger partial charge in [-0.1, -0.05) is 0 Å². The number of nitrogens with zero attached hydrogens (tertiary/aromatic N) is 2. The van der Waals surface area contributed by atoms with Gasteiger partial charge in [0.15, 0.2) is 0 Å². The van der Waals surface area contributed by atoms with Crippen LogP contribution in [0.25, 0.3) is 0 Å². The number of alkyl halides is 3. The van der Waals surface area contributed by atoms with Crippen molar-refractivity contribution in [3.8, 4) is 0 Å². The zero-order valence-corrected chi connectivity index (χ0v) is 10.4. The fourth-order valence-corrected chi connectivity index (χ4v) is 2.45. The van der Waals surface area contributed by atoms with E-state index in [4.69, 9.17) is 0 Å². The third-order valence-electron chi connectivity index (χ3n) is 3.34. The number of piperazine rings is 1. The van der Waals surface area contributed by atoms with Crippen molar-refractivity contribution < 1.29 is 13.2 Å². The quantitative estimate of drug-likeness (QED) is 0.897. The van der Waals surface area contributed by atoms with Gasteiger partial charge in [0.05, 0.1) is 12.5 Å². The lowest BCUT2D eigenvalue weighted by atomic mass is 10.1. The minimum Gasteiger partial charge on any atom is -0.353 e. The number of hydrogen-bond donors (Lipinski definition) is 1. The molecule has 1 saturated heterocycles. The molecule has 0 amide bonds. The van der Waals surface area contributed by atoms with Gasteiger partial charge in [-0.25, -0.2) is 0 Å². The molecule has 18 heavy (non-hydrogen) atoms. The zero-order valence-electron chi connectivity index (χ0n) is 10.4. The highest BCUT2D eigenvalue weighted by Crippen LogP contribution is 2.33. The van der Waals surface area contributed by atoms with Crippen LogP contribution in [0.15, 0.2) is 18.3 Å². The van der Waals surface area contributed by atoms with Gasteiger partial charge in [-0.2, -0.15) is 13.2 Å². The van der Waals surface area contributed by atoms with Crippen molar-refractivity contribution in [1.29, 1.82) is 0 Å². The van der Waals surface area contributed by atoms with Crippen molar-refractivity contribution in [2.45, 2.75) is 18.6 Å². The van der Waals surface area contributed by atoms with Crippen molar-refractivity contribution in [2.24, 2.45) is 7.05 Å². The first-order valence-electron chi connectivity index (χ1n) is 6.10. The van der Waals surface area contributed by atoms with Crippen LogP contribution in [0, 0.1) is 0 Å². The van der Waals surface area contributed by atoms with Gasteiger partial charge in [-0.05, 0) is 12.1 Å². The Hall–Kier alpha value is -1.01. The van der Waals surface area contributed by atoms with Crippen LogP contribution in [-0.2, 0) is 7.05 Å². The van der Waals surface area contributed by atoms with E-state index < -0.39 is 18.6 Å². The maximum Gasteiger partial charge on any atom is 0.391 e. The molecule has 0 aromatic carbocycles. The predicted octanol–water partition coefficient (Wildman–Crippen LogP) is 1.92. The molecule has 0 bridgehead atoms. The van der Waals surface area contributed by atoms with Gasteiger partial charge in [-0.3, -0.25) is 4.90 Å². The highest BCUT2D eigenvalue weighted by atomic mass is 19.4. The summed E-state index contributed by atoms with van der Waals surface area (Å²) in [6.45, 7) is 2.81. The van der Waals surface area contributed by atoms with Gasteiger partial charge in [0.2, 0.25) is 0 Å². The molecule has 1 aromatic heterocycles. The molecule has 1 aliphatic heterocycles. The van der Waals surface area contributed by atoms with Crippen molar-refractivity contribution in [3.63, 3.8) is 0 Å². The van der Waals surface area contributed by atoms with Crippen LogP contribution in [-0.4, -0.2) is 41.8 Å². The third-order valence-corrected chi connectivity index (χ3v) is 3.34. The smallest absolute Gasteiger partial charge is 0.353 e. The SMILES string of the molecule is Cn1cccc1[C@H](CC(F)(F)F)N1CCNCC1. The summed E-state index contributed by atoms with van der Waals surface area (Å²) in [5.74, 6) is 0. The normalized spacial score (nSPS) is 20.0. The maximum absolute atomic E-state index is 12.7. The summed E-state index contributed by atoms with van der Waals surface area (Å²) in [6.07, 6.45) is -3.13. The molecule has 2 rings (SSSR count). The van der Waals surface area contributed by atoms with Gasteiger partial charge in [-0.15, -0.1) is 0 Å². The van der Waals surface area contributed by atoms with E-state index in [0.29, 0.717) is 13.1 Å². The summed E-state index contributed by atoms with van der Waals surface area (Å²) in [7, 11) is 1.79. The predicted molar refractivity (Wildman–Crippen MR) is 63.3 cm³/mol. The Labute approximate surface area is 105 Å². The molecule has 0 saturated carbocycles. The number of hydrogen-bond acceptors (Lipinski definition) is 2. The molecule has 1 atom stereocenters. The van der Waals surface area contributed by atoms with E-state index in [2.05, 4.69) is 5.32 Å². The Morgan fingerprint density at radius 1 is 1.33 bits per heavy atom. The molecule has 102 valence electrons. The first kappa shape index (κ1) is 13.4. The van der Waals surface area contributed by atoms with Crippen LogP contribution < -0.4 is 5.32 Å². The maximum atomic E-state index is 12.7. The minimum atomic E-state index is -4.14. The highest BCUT2D eigenvalue weighted by Gasteiger charge is 2.36. The van der Waals surface area contributed by atoms with Crippen LogP contribution in [0.2, 0.25) is 0 Å². The molecule has 3 nitrogen and oxygen atoms in total. The summed E-state index contributed by atoms with van der Waals surface area (Å²) < 4.78 is 40.0. The number of rotatable bonds is 3. The van der Waals surface area contributed by atoms with Crippen molar-refractivity contribution in [1.82, 2.24) is 14.8 Å². The van der Waals surface area contributed by atoms with Gasteiger partial charge in [0, 0.05) is 45.1 Å². The average molecular weight is 261 g/mol. The molecular weight excluding hydrogens is 243 g/mol. The van der Waals surface area contributed by atoms with Gasteiger partial charge >= 0.3 is 6.18 Å². The summed E-state index contributed by atoms with van der Waals surface area (Å²) >= 11 is 0. The van der Waals surface area contributed by atoms with Gasteiger partial charge in [0.25, 0.3) is 0 Å². The van der Waals surface area contributed by atoms with E-state index in [1.165, 1.54) is 0 Å². The first-order valence-corrected chi connectivity index (χ1v) is 6.10. The Morgan fingerprint density at radius 3 is 2.50 bits per heavy atom. The number of halogens is 3. The summed E-state index contributed by atoms with van der Waals surface area (Å²) in [5, 5.41) is 3.16. The largest absolute Gasteiger partial charge is 0.391 e. The molecule has 6 heteroatoms.